The van der Waals surface area contributed by atoms with Crippen LogP contribution >= 0.6 is 0 Å². The number of aliphatic hydroxyl groups excluding tert-OH is 1. The minimum absolute atomic E-state index is 0.158. The molecule has 0 aromatic carbocycles. The molecule has 1 aromatic heterocycles. The van der Waals surface area contributed by atoms with E-state index in [1.165, 1.54) is 0 Å². The zero-order valence-corrected chi connectivity index (χ0v) is 7.50. The number of hydrogen-bond acceptors (Lipinski definition) is 5. The molecule has 0 spiro atoms. The molecule has 1 rings (SSSR count). The van der Waals surface area contributed by atoms with Crippen molar-refractivity contribution in [2.45, 2.75) is 5.92 Å². The molecule has 0 radical (unpaired) electrons. The first-order valence-corrected chi connectivity index (χ1v) is 3.89. The fourth-order valence-corrected chi connectivity index (χ4v) is 0.726. The molecule has 1 heterocycles. The molecule has 84 valence electrons. The van der Waals surface area contributed by atoms with Crippen molar-refractivity contribution in [3.63, 3.8) is 0 Å². The van der Waals surface area contributed by atoms with Gasteiger partial charge < -0.3 is 16.2 Å². The van der Waals surface area contributed by atoms with Crippen molar-refractivity contribution < 1.29 is 18.7 Å². The summed E-state index contributed by atoms with van der Waals surface area (Å²) in [4.78, 5) is 14.5. The van der Waals surface area contributed by atoms with Crippen LogP contribution in [0.4, 0.5) is 14.7 Å². The number of aromatic nitrogens is 3. The number of amides is 1. The van der Waals surface area contributed by atoms with Gasteiger partial charge in [0.15, 0.2) is 0 Å². The van der Waals surface area contributed by atoms with Crippen LogP contribution in [0.3, 0.4) is 0 Å². The van der Waals surface area contributed by atoms with Gasteiger partial charge in [0.1, 0.15) is 6.61 Å². The summed E-state index contributed by atoms with van der Waals surface area (Å²) in [6.07, 6.45) is 0. The number of alkyl halides is 2. The molecule has 1 amide bonds. The molecule has 0 atom stereocenters. The molecule has 5 N–H and O–H groups in total. The van der Waals surface area contributed by atoms with Gasteiger partial charge in [0.25, 0.3) is 11.8 Å². The van der Waals surface area contributed by atoms with E-state index in [4.69, 9.17) is 10.8 Å². The molecule has 15 heavy (non-hydrogen) atoms. The van der Waals surface area contributed by atoms with Crippen molar-refractivity contribution in [2.24, 2.45) is 0 Å². The highest BCUT2D eigenvalue weighted by molar-refractivity contribution is 5.90. The SMILES string of the molecule is Nc1n[nH]c(C(=O)NCC(F)(F)CO)n1. The lowest BCUT2D eigenvalue weighted by atomic mass is 10.3. The van der Waals surface area contributed by atoms with Crippen molar-refractivity contribution in [1.82, 2.24) is 20.5 Å². The highest BCUT2D eigenvalue weighted by Crippen LogP contribution is 2.09. The van der Waals surface area contributed by atoms with E-state index in [0.29, 0.717) is 0 Å². The molecule has 0 fully saturated rings. The fourth-order valence-electron chi connectivity index (χ4n) is 0.726. The number of aliphatic hydroxyl groups is 1. The number of nitrogens with one attached hydrogen (secondary N) is 2. The number of nitrogens with two attached hydrogens (primary N) is 1. The molecule has 0 aliphatic heterocycles. The Bertz CT molecular complexity index is 353. The highest BCUT2D eigenvalue weighted by atomic mass is 19.3. The van der Waals surface area contributed by atoms with Gasteiger partial charge in [0.05, 0.1) is 6.54 Å². The molecule has 0 aliphatic carbocycles. The van der Waals surface area contributed by atoms with E-state index < -0.39 is 25.0 Å². The maximum atomic E-state index is 12.5. The van der Waals surface area contributed by atoms with Gasteiger partial charge in [0, 0.05) is 0 Å². The zero-order chi connectivity index (χ0) is 11.5. The van der Waals surface area contributed by atoms with Crippen LogP contribution in [0.2, 0.25) is 0 Å². The summed E-state index contributed by atoms with van der Waals surface area (Å²) in [6.45, 7) is -2.32. The minimum Gasteiger partial charge on any atom is -0.390 e. The number of H-pyrrole nitrogens is 1. The monoisotopic (exact) mass is 221 g/mol. The van der Waals surface area contributed by atoms with Crippen LogP contribution in [0, 0.1) is 0 Å². The Balaban J connectivity index is 2.50. The number of anilines is 1. The van der Waals surface area contributed by atoms with Gasteiger partial charge in [-0.2, -0.15) is 4.98 Å². The maximum absolute atomic E-state index is 12.5. The molecule has 9 heteroatoms. The summed E-state index contributed by atoms with van der Waals surface area (Å²) in [5.41, 5.74) is 5.10. The lowest BCUT2D eigenvalue weighted by Crippen LogP contribution is -2.39. The fraction of sp³-hybridized carbons (Fsp3) is 0.500. The largest absolute Gasteiger partial charge is 0.390 e. The predicted octanol–water partition coefficient (Wildman–Crippen LogP) is -1.26. The van der Waals surface area contributed by atoms with Gasteiger partial charge in [-0.05, 0) is 0 Å². The minimum atomic E-state index is -3.36. The van der Waals surface area contributed by atoms with E-state index in [1.807, 2.05) is 5.32 Å². The molecule has 0 saturated heterocycles. The van der Waals surface area contributed by atoms with Crippen molar-refractivity contribution in [1.29, 1.82) is 0 Å². The number of rotatable bonds is 4. The molecule has 0 bridgehead atoms. The summed E-state index contributed by atoms with van der Waals surface area (Å²) in [6, 6.07) is 0. The van der Waals surface area contributed by atoms with Crippen molar-refractivity contribution in [2.75, 3.05) is 18.9 Å². The van der Waals surface area contributed by atoms with Crippen LogP contribution in [0.1, 0.15) is 10.6 Å². The van der Waals surface area contributed by atoms with Crippen molar-refractivity contribution in [3.05, 3.63) is 5.82 Å². The first-order valence-electron chi connectivity index (χ1n) is 3.89. The Labute approximate surface area is 82.7 Å². The van der Waals surface area contributed by atoms with Crippen LogP contribution in [-0.4, -0.2) is 45.3 Å². The Morgan fingerprint density at radius 3 is 2.80 bits per heavy atom. The number of nitrogen functional groups attached to an aromatic ring is 1. The molecule has 1 aromatic rings. The molecule has 0 saturated carbocycles. The second-order valence-corrected chi connectivity index (χ2v) is 2.74. The van der Waals surface area contributed by atoms with Crippen LogP contribution in [0.25, 0.3) is 0 Å². The molecular formula is C6H9F2N5O2. The summed E-state index contributed by atoms with van der Waals surface area (Å²) < 4.78 is 25.0. The number of carbonyl (C=O) groups is 1. The molecule has 0 aliphatic rings. The maximum Gasteiger partial charge on any atom is 0.288 e. The van der Waals surface area contributed by atoms with Gasteiger partial charge in [-0.25, -0.2) is 8.78 Å². The lowest BCUT2D eigenvalue weighted by Gasteiger charge is -2.12. The number of carbonyl (C=O) groups excluding carboxylic acids is 1. The van der Waals surface area contributed by atoms with Gasteiger partial charge in [-0.3, -0.25) is 9.89 Å². The summed E-state index contributed by atoms with van der Waals surface area (Å²) in [7, 11) is 0. The van der Waals surface area contributed by atoms with Crippen LogP contribution in [0.15, 0.2) is 0 Å². The van der Waals surface area contributed by atoms with E-state index in [2.05, 4.69) is 15.2 Å². The summed E-state index contributed by atoms with van der Waals surface area (Å²) in [5, 5.41) is 15.6. The number of aromatic amines is 1. The van der Waals surface area contributed by atoms with E-state index >= 15 is 0 Å². The second-order valence-electron chi connectivity index (χ2n) is 2.74. The van der Waals surface area contributed by atoms with E-state index in [0.717, 1.165) is 0 Å². The molecular weight excluding hydrogens is 212 g/mol. The second kappa shape index (κ2) is 4.17. The summed E-state index contributed by atoms with van der Waals surface area (Å²) in [5.74, 6) is -4.65. The normalized spacial score (nSPS) is 11.4. The average Bonchev–Trinajstić information content (AvgIpc) is 2.61. The van der Waals surface area contributed by atoms with Crippen LogP contribution in [0.5, 0.6) is 0 Å². The van der Waals surface area contributed by atoms with Crippen molar-refractivity contribution in [3.8, 4) is 0 Å². The van der Waals surface area contributed by atoms with E-state index in [-0.39, 0.29) is 11.8 Å². The summed E-state index contributed by atoms with van der Waals surface area (Å²) >= 11 is 0. The Morgan fingerprint density at radius 2 is 2.33 bits per heavy atom. The van der Waals surface area contributed by atoms with Gasteiger partial charge >= 0.3 is 0 Å². The Hall–Kier alpha value is -1.77. The van der Waals surface area contributed by atoms with Crippen LogP contribution in [-0.2, 0) is 0 Å². The van der Waals surface area contributed by atoms with Crippen molar-refractivity contribution >= 4 is 11.9 Å². The topological polar surface area (TPSA) is 117 Å². The third kappa shape index (κ3) is 3.13. The van der Waals surface area contributed by atoms with Gasteiger partial charge in [0.2, 0.25) is 11.8 Å². The average molecular weight is 221 g/mol. The lowest BCUT2D eigenvalue weighted by molar-refractivity contribution is -0.0462. The first-order chi connectivity index (χ1) is 6.94. The number of halogens is 2. The third-order valence-electron chi connectivity index (χ3n) is 1.46. The number of hydrogen-bond donors (Lipinski definition) is 4. The smallest absolute Gasteiger partial charge is 0.288 e. The van der Waals surface area contributed by atoms with Crippen LogP contribution < -0.4 is 11.1 Å². The van der Waals surface area contributed by atoms with E-state index in [9.17, 15) is 13.6 Å². The van der Waals surface area contributed by atoms with Gasteiger partial charge in [-0.15, -0.1) is 5.10 Å². The van der Waals surface area contributed by atoms with Gasteiger partial charge in [-0.1, -0.05) is 0 Å². The molecule has 7 nitrogen and oxygen atoms in total. The zero-order valence-electron chi connectivity index (χ0n) is 7.50. The highest BCUT2D eigenvalue weighted by Gasteiger charge is 2.28. The predicted molar refractivity (Wildman–Crippen MR) is 45.2 cm³/mol. The molecule has 0 unspecified atom stereocenters. The first kappa shape index (κ1) is 11.3. The quantitative estimate of drug-likeness (QED) is 0.506. The Morgan fingerprint density at radius 1 is 1.67 bits per heavy atom. The Kier molecular flexibility index (Phi) is 3.14. The third-order valence-corrected chi connectivity index (χ3v) is 1.46. The number of nitrogens with zero attached hydrogens (tertiary/aromatic N) is 2. The van der Waals surface area contributed by atoms with E-state index in [1.54, 1.807) is 0 Å². The standard InChI is InChI=1S/C6H9F2N5O2/c7-6(8,2-14)1-10-4(15)3-11-5(9)13-12-3/h14H,1-2H2,(H,10,15)(H3,9,11,12,13).